The van der Waals surface area contributed by atoms with Crippen molar-refractivity contribution in [3.63, 3.8) is 0 Å². The fourth-order valence-electron chi connectivity index (χ4n) is 4.36. The molecule has 2 N–H and O–H groups in total. The molecule has 164 valence electrons. The van der Waals surface area contributed by atoms with Gasteiger partial charge in [0.05, 0.1) is 17.1 Å². The highest BCUT2D eigenvalue weighted by molar-refractivity contribution is 6.04. The van der Waals surface area contributed by atoms with E-state index in [0.29, 0.717) is 29.3 Å². The van der Waals surface area contributed by atoms with Crippen LogP contribution in [0, 0.1) is 5.92 Å². The number of rotatable bonds is 9. The predicted octanol–water partition coefficient (Wildman–Crippen LogP) is 6.30. The van der Waals surface area contributed by atoms with Crippen molar-refractivity contribution in [2.75, 3.05) is 23.8 Å². The van der Waals surface area contributed by atoms with E-state index in [9.17, 15) is 9.90 Å². The summed E-state index contributed by atoms with van der Waals surface area (Å²) in [6.45, 7) is 10.9. The van der Waals surface area contributed by atoms with Crippen LogP contribution in [0.3, 0.4) is 0 Å². The van der Waals surface area contributed by atoms with E-state index in [1.807, 2.05) is 18.0 Å². The molecule has 0 amide bonds. The summed E-state index contributed by atoms with van der Waals surface area (Å²) in [6.07, 6.45) is 7.34. The van der Waals surface area contributed by atoms with Crippen LogP contribution in [0.1, 0.15) is 55.1 Å². The van der Waals surface area contributed by atoms with Gasteiger partial charge in [0.1, 0.15) is 5.56 Å². The number of hydrogen-bond donors (Lipinski definition) is 2. The number of carboxylic acid groups (broad SMARTS) is 1. The minimum absolute atomic E-state index is 0.290. The van der Waals surface area contributed by atoms with Crippen molar-refractivity contribution in [2.24, 2.45) is 10.9 Å². The number of carbonyl (C=O) groups is 1. The Morgan fingerprint density at radius 1 is 1.32 bits per heavy atom. The van der Waals surface area contributed by atoms with Crippen molar-refractivity contribution in [1.82, 2.24) is 0 Å². The van der Waals surface area contributed by atoms with Crippen LogP contribution < -0.4 is 10.2 Å². The number of nitrogens with zero attached hydrogens (tertiary/aromatic N) is 2. The zero-order valence-electron chi connectivity index (χ0n) is 19.0. The molecule has 0 saturated heterocycles. The van der Waals surface area contributed by atoms with Gasteiger partial charge in [0.25, 0.3) is 0 Å². The number of aliphatic imine (C=N–C) groups is 1. The highest BCUT2D eigenvalue weighted by Crippen LogP contribution is 2.41. The first-order chi connectivity index (χ1) is 14.9. The van der Waals surface area contributed by atoms with Crippen molar-refractivity contribution in [2.45, 2.75) is 46.5 Å². The number of anilines is 2. The highest BCUT2D eigenvalue weighted by atomic mass is 16.4. The zero-order valence-corrected chi connectivity index (χ0v) is 19.0. The van der Waals surface area contributed by atoms with Crippen molar-refractivity contribution < 1.29 is 9.90 Å². The number of carboxylic acids is 1. The lowest BCUT2D eigenvalue weighted by Gasteiger charge is -2.26. The van der Waals surface area contributed by atoms with E-state index in [1.165, 1.54) is 5.56 Å². The van der Waals surface area contributed by atoms with Crippen molar-refractivity contribution in [1.29, 1.82) is 0 Å². The molecular weight excluding hydrogens is 386 g/mol. The van der Waals surface area contributed by atoms with Gasteiger partial charge in [-0.15, -0.1) is 0 Å². The summed E-state index contributed by atoms with van der Waals surface area (Å²) in [6, 6.07) is 8.47. The Hall–Kier alpha value is -3.08. The van der Waals surface area contributed by atoms with Gasteiger partial charge in [-0.05, 0) is 72.2 Å². The molecular formula is C26H33N3O2. The van der Waals surface area contributed by atoms with E-state index in [-0.39, 0.29) is 0 Å². The van der Waals surface area contributed by atoms with Crippen molar-refractivity contribution in [3.05, 3.63) is 53.7 Å². The molecule has 2 aromatic carbocycles. The van der Waals surface area contributed by atoms with Crippen LogP contribution >= 0.6 is 0 Å². The van der Waals surface area contributed by atoms with E-state index in [1.54, 1.807) is 6.20 Å². The first-order valence-electron chi connectivity index (χ1n) is 11.1. The summed E-state index contributed by atoms with van der Waals surface area (Å²) in [4.78, 5) is 19.0. The second-order valence-electron chi connectivity index (χ2n) is 8.09. The Kier molecular flexibility index (Phi) is 7.16. The molecule has 1 atom stereocenters. The molecule has 0 fully saturated rings. The SMILES string of the molecule is C=CNc1c(CC)c(-c2ccc3c(c2)N=CC(CC)C3)cc(N(C)CCC)c1C(=O)O. The molecule has 0 aliphatic carbocycles. The van der Waals surface area contributed by atoms with Gasteiger partial charge in [0.15, 0.2) is 0 Å². The number of hydrogen-bond acceptors (Lipinski definition) is 4. The predicted molar refractivity (Wildman–Crippen MR) is 131 cm³/mol. The van der Waals surface area contributed by atoms with Crippen molar-refractivity contribution >= 4 is 29.2 Å². The van der Waals surface area contributed by atoms with E-state index < -0.39 is 5.97 Å². The average Bonchev–Trinajstić information content (AvgIpc) is 2.77. The minimum Gasteiger partial charge on any atom is -0.478 e. The Labute approximate surface area is 185 Å². The van der Waals surface area contributed by atoms with Gasteiger partial charge in [-0.1, -0.05) is 39.5 Å². The Balaban J connectivity index is 2.24. The van der Waals surface area contributed by atoms with Gasteiger partial charge in [-0.2, -0.15) is 0 Å². The standard InChI is InChI=1S/C26H33N3O2/c1-6-12-29(5)23-15-21(20(8-3)25(27-9-4)24(23)26(30)31)18-10-11-19-13-17(7-2)16-28-22(19)14-18/h9-11,14-17,27H,4,6-8,12-13H2,1-3,5H3,(H,30,31). The third-order valence-electron chi connectivity index (χ3n) is 6.03. The third-order valence-corrected chi connectivity index (χ3v) is 6.03. The normalized spacial score (nSPS) is 14.8. The molecule has 0 saturated carbocycles. The second-order valence-corrected chi connectivity index (χ2v) is 8.09. The lowest BCUT2D eigenvalue weighted by molar-refractivity contribution is 0.0698. The van der Waals surface area contributed by atoms with Crippen molar-refractivity contribution in [3.8, 4) is 11.1 Å². The average molecular weight is 420 g/mol. The van der Waals surface area contributed by atoms with E-state index in [0.717, 1.165) is 48.2 Å². The maximum atomic E-state index is 12.3. The van der Waals surface area contributed by atoms with Gasteiger partial charge >= 0.3 is 5.97 Å². The molecule has 1 aliphatic heterocycles. The maximum absolute atomic E-state index is 12.3. The summed E-state index contributed by atoms with van der Waals surface area (Å²) < 4.78 is 0. The monoisotopic (exact) mass is 419 g/mol. The van der Waals surface area contributed by atoms with Crippen LogP contribution in [0.25, 0.3) is 11.1 Å². The van der Waals surface area contributed by atoms with Crippen LogP contribution in [-0.2, 0) is 12.8 Å². The number of fused-ring (bicyclic) bond motifs is 1. The van der Waals surface area contributed by atoms with Crippen LogP contribution in [0.4, 0.5) is 17.1 Å². The van der Waals surface area contributed by atoms with Crippen LogP contribution in [0.5, 0.6) is 0 Å². The molecule has 3 rings (SSSR count). The van der Waals surface area contributed by atoms with Gasteiger partial charge < -0.3 is 15.3 Å². The van der Waals surface area contributed by atoms with Gasteiger partial charge in [-0.3, -0.25) is 4.99 Å². The van der Waals surface area contributed by atoms with Crippen LogP contribution in [0.15, 0.2) is 42.0 Å². The lowest BCUT2D eigenvalue weighted by Crippen LogP contribution is -2.22. The molecule has 0 spiro atoms. The highest BCUT2D eigenvalue weighted by Gasteiger charge is 2.24. The number of aromatic carboxylic acids is 1. The quantitative estimate of drug-likeness (QED) is 0.500. The molecule has 0 bridgehead atoms. The Bertz CT molecular complexity index is 1010. The third kappa shape index (κ3) is 4.50. The molecule has 1 unspecified atom stereocenters. The van der Waals surface area contributed by atoms with Crippen LogP contribution in [0.2, 0.25) is 0 Å². The first kappa shape index (κ1) is 22.6. The Morgan fingerprint density at radius 3 is 2.71 bits per heavy atom. The summed E-state index contributed by atoms with van der Waals surface area (Å²) >= 11 is 0. The smallest absolute Gasteiger partial charge is 0.339 e. The largest absolute Gasteiger partial charge is 0.478 e. The molecule has 5 heteroatoms. The molecule has 31 heavy (non-hydrogen) atoms. The number of nitrogens with one attached hydrogen (secondary N) is 1. The van der Waals surface area contributed by atoms with Gasteiger partial charge in [0, 0.05) is 19.8 Å². The molecule has 1 aliphatic rings. The Morgan fingerprint density at radius 2 is 2.10 bits per heavy atom. The van der Waals surface area contributed by atoms with E-state index in [2.05, 4.69) is 57.1 Å². The number of benzene rings is 2. The fourth-order valence-corrected chi connectivity index (χ4v) is 4.36. The molecule has 0 radical (unpaired) electrons. The fraction of sp³-hybridized carbons (Fsp3) is 0.385. The van der Waals surface area contributed by atoms with E-state index in [4.69, 9.17) is 4.99 Å². The molecule has 5 nitrogen and oxygen atoms in total. The second kappa shape index (κ2) is 9.82. The topological polar surface area (TPSA) is 64.9 Å². The molecule has 0 aromatic heterocycles. The molecule has 2 aromatic rings. The summed E-state index contributed by atoms with van der Waals surface area (Å²) in [7, 11) is 1.94. The zero-order chi connectivity index (χ0) is 22.5. The summed E-state index contributed by atoms with van der Waals surface area (Å²) in [5.74, 6) is -0.443. The van der Waals surface area contributed by atoms with E-state index >= 15 is 0 Å². The summed E-state index contributed by atoms with van der Waals surface area (Å²) in [5, 5.41) is 13.2. The first-order valence-corrected chi connectivity index (χ1v) is 11.1. The summed E-state index contributed by atoms with van der Waals surface area (Å²) in [5.41, 5.74) is 6.95. The maximum Gasteiger partial charge on any atom is 0.339 e. The van der Waals surface area contributed by atoms with Crippen LogP contribution in [-0.4, -0.2) is 30.9 Å². The molecule has 1 heterocycles. The lowest BCUT2D eigenvalue weighted by atomic mass is 9.89. The minimum atomic E-state index is -0.941. The van der Waals surface area contributed by atoms with Gasteiger partial charge in [-0.25, -0.2) is 4.79 Å². The van der Waals surface area contributed by atoms with Gasteiger partial charge in [0.2, 0.25) is 0 Å².